The van der Waals surface area contributed by atoms with Crippen LogP contribution in [0.25, 0.3) is 0 Å². The molecule has 4 nitrogen and oxygen atoms in total. The average molecular weight is 337 g/mol. The SMILES string of the molecule is O=C(NNC(=O)c1ccccc1Br)c1ccccc1F. The number of hydrogen-bond donors (Lipinski definition) is 2. The summed E-state index contributed by atoms with van der Waals surface area (Å²) in [4.78, 5) is 23.5. The number of amides is 2. The zero-order valence-electron chi connectivity index (χ0n) is 10.2. The molecular weight excluding hydrogens is 327 g/mol. The molecule has 0 saturated heterocycles. The Balaban J connectivity index is 2.03. The number of benzene rings is 2. The number of rotatable bonds is 2. The molecule has 0 atom stereocenters. The van der Waals surface area contributed by atoms with E-state index in [4.69, 9.17) is 0 Å². The fraction of sp³-hybridized carbons (Fsp3) is 0. The highest BCUT2D eigenvalue weighted by molar-refractivity contribution is 9.10. The van der Waals surface area contributed by atoms with Gasteiger partial charge in [0.1, 0.15) is 5.82 Å². The van der Waals surface area contributed by atoms with Gasteiger partial charge in [0.2, 0.25) is 0 Å². The fourth-order valence-electron chi connectivity index (χ4n) is 1.54. The largest absolute Gasteiger partial charge is 0.272 e. The third-order valence-corrected chi connectivity index (χ3v) is 3.22. The Bertz CT molecular complexity index is 604. The zero-order chi connectivity index (χ0) is 14.5. The second kappa shape index (κ2) is 6.29. The Morgan fingerprint density at radius 3 is 1.95 bits per heavy atom. The average Bonchev–Trinajstić information content (AvgIpc) is 2.45. The standard InChI is InChI=1S/C14H10BrFN2O2/c15-11-7-3-1-5-9(11)13(19)17-18-14(20)10-6-2-4-8-12(10)16/h1-8H,(H,17,19)(H,18,20). The van der Waals surface area contributed by atoms with E-state index in [1.165, 1.54) is 24.3 Å². The molecule has 0 heterocycles. The van der Waals surface area contributed by atoms with Crippen LogP contribution in [0.5, 0.6) is 0 Å². The summed E-state index contributed by atoms with van der Waals surface area (Å²) in [6.07, 6.45) is 0. The molecule has 0 spiro atoms. The maximum absolute atomic E-state index is 13.4. The predicted octanol–water partition coefficient (Wildman–Crippen LogP) is 2.66. The van der Waals surface area contributed by atoms with Gasteiger partial charge in [0.05, 0.1) is 11.1 Å². The predicted molar refractivity (Wildman–Crippen MR) is 75.5 cm³/mol. The first-order valence-corrected chi connectivity index (χ1v) is 6.48. The van der Waals surface area contributed by atoms with Crippen molar-refractivity contribution in [3.05, 3.63) is 69.9 Å². The van der Waals surface area contributed by atoms with Gasteiger partial charge in [-0.05, 0) is 40.2 Å². The first-order chi connectivity index (χ1) is 9.59. The van der Waals surface area contributed by atoms with E-state index in [2.05, 4.69) is 26.8 Å². The minimum Gasteiger partial charge on any atom is -0.267 e. The topological polar surface area (TPSA) is 58.2 Å². The Hall–Kier alpha value is -2.21. The van der Waals surface area contributed by atoms with Gasteiger partial charge in [-0.3, -0.25) is 20.4 Å². The van der Waals surface area contributed by atoms with Crippen LogP contribution in [-0.2, 0) is 0 Å². The minimum absolute atomic E-state index is 0.139. The van der Waals surface area contributed by atoms with Crippen LogP contribution in [0.1, 0.15) is 20.7 Å². The summed E-state index contributed by atoms with van der Waals surface area (Å²) < 4.78 is 14.0. The minimum atomic E-state index is -0.719. The van der Waals surface area contributed by atoms with E-state index in [0.29, 0.717) is 10.0 Å². The molecule has 2 aromatic carbocycles. The summed E-state index contributed by atoms with van der Waals surface area (Å²) >= 11 is 3.23. The van der Waals surface area contributed by atoms with E-state index in [9.17, 15) is 14.0 Å². The molecule has 2 amide bonds. The van der Waals surface area contributed by atoms with E-state index in [1.54, 1.807) is 24.3 Å². The van der Waals surface area contributed by atoms with Gasteiger partial charge in [0, 0.05) is 4.47 Å². The Morgan fingerprint density at radius 2 is 1.35 bits per heavy atom. The quantitative estimate of drug-likeness (QED) is 0.828. The zero-order valence-corrected chi connectivity index (χ0v) is 11.8. The summed E-state index contributed by atoms with van der Waals surface area (Å²) in [7, 11) is 0. The second-order valence-electron chi connectivity index (χ2n) is 3.87. The third-order valence-electron chi connectivity index (χ3n) is 2.53. The first kappa shape index (κ1) is 14.2. The Labute approximate surface area is 123 Å². The number of hydrazine groups is 1. The van der Waals surface area contributed by atoms with E-state index in [-0.39, 0.29) is 5.56 Å². The van der Waals surface area contributed by atoms with Crippen molar-refractivity contribution in [1.82, 2.24) is 10.9 Å². The molecule has 20 heavy (non-hydrogen) atoms. The molecule has 0 aliphatic rings. The van der Waals surface area contributed by atoms with Crippen LogP contribution < -0.4 is 10.9 Å². The summed E-state index contributed by atoms with van der Waals surface area (Å²) in [6.45, 7) is 0. The molecule has 0 saturated carbocycles. The summed E-state index contributed by atoms with van der Waals surface area (Å²) in [5, 5.41) is 0. The third kappa shape index (κ3) is 3.21. The first-order valence-electron chi connectivity index (χ1n) is 5.69. The summed E-state index contributed by atoms with van der Waals surface area (Å²) in [5.74, 6) is -1.87. The molecule has 0 unspecified atom stereocenters. The van der Waals surface area contributed by atoms with Crippen LogP contribution >= 0.6 is 15.9 Å². The molecule has 6 heteroatoms. The van der Waals surface area contributed by atoms with E-state index >= 15 is 0 Å². The van der Waals surface area contributed by atoms with E-state index in [1.807, 2.05) is 0 Å². The van der Waals surface area contributed by atoms with Gasteiger partial charge >= 0.3 is 0 Å². The van der Waals surface area contributed by atoms with Crippen LogP contribution in [0.15, 0.2) is 53.0 Å². The summed E-state index contributed by atoms with van der Waals surface area (Å²) in [5.41, 5.74) is 4.62. The molecule has 0 aliphatic heterocycles. The molecule has 0 bridgehead atoms. The monoisotopic (exact) mass is 336 g/mol. The lowest BCUT2D eigenvalue weighted by Crippen LogP contribution is -2.42. The molecule has 0 radical (unpaired) electrons. The molecule has 0 aromatic heterocycles. The van der Waals surface area contributed by atoms with Crippen LogP contribution in [-0.4, -0.2) is 11.8 Å². The van der Waals surface area contributed by atoms with Crippen LogP contribution in [0.3, 0.4) is 0 Å². The van der Waals surface area contributed by atoms with E-state index in [0.717, 1.165) is 0 Å². The molecule has 2 N–H and O–H groups in total. The van der Waals surface area contributed by atoms with Crippen LogP contribution in [0.2, 0.25) is 0 Å². The lowest BCUT2D eigenvalue weighted by molar-refractivity contribution is 0.0844. The number of hydrogen-bond acceptors (Lipinski definition) is 2. The van der Waals surface area contributed by atoms with E-state index < -0.39 is 17.6 Å². The molecule has 2 aromatic rings. The van der Waals surface area contributed by atoms with Crippen molar-refractivity contribution >= 4 is 27.7 Å². The van der Waals surface area contributed by atoms with Crippen molar-refractivity contribution in [3.8, 4) is 0 Å². The van der Waals surface area contributed by atoms with Gasteiger partial charge in [0.25, 0.3) is 11.8 Å². The summed E-state index contributed by atoms with van der Waals surface area (Å²) in [6, 6.07) is 12.3. The Kier molecular flexibility index (Phi) is 4.47. The maximum atomic E-state index is 13.4. The maximum Gasteiger partial charge on any atom is 0.272 e. The smallest absolute Gasteiger partial charge is 0.267 e. The van der Waals surface area contributed by atoms with Crippen molar-refractivity contribution in [2.45, 2.75) is 0 Å². The molecular formula is C14H10BrFN2O2. The van der Waals surface area contributed by atoms with Gasteiger partial charge in [-0.25, -0.2) is 4.39 Å². The molecule has 102 valence electrons. The molecule has 0 fully saturated rings. The van der Waals surface area contributed by atoms with Gasteiger partial charge in [-0.15, -0.1) is 0 Å². The highest BCUT2D eigenvalue weighted by Gasteiger charge is 2.13. The van der Waals surface area contributed by atoms with Crippen molar-refractivity contribution in [2.24, 2.45) is 0 Å². The van der Waals surface area contributed by atoms with Crippen molar-refractivity contribution in [2.75, 3.05) is 0 Å². The van der Waals surface area contributed by atoms with Crippen molar-refractivity contribution < 1.29 is 14.0 Å². The Morgan fingerprint density at radius 1 is 0.850 bits per heavy atom. The normalized spacial score (nSPS) is 9.90. The highest BCUT2D eigenvalue weighted by Crippen LogP contribution is 2.15. The highest BCUT2D eigenvalue weighted by atomic mass is 79.9. The van der Waals surface area contributed by atoms with Crippen molar-refractivity contribution in [1.29, 1.82) is 0 Å². The van der Waals surface area contributed by atoms with Crippen LogP contribution in [0.4, 0.5) is 4.39 Å². The van der Waals surface area contributed by atoms with Crippen molar-refractivity contribution in [3.63, 3.8) is 0 Å². The molecule has 2 rings (SSSR count). The molecule has 0 aliphatic carbocycles. The van der Waals surface area contributed by atoms with Gasteiger partial charge in [-0.1, -0.05) is 24.3 Å². The lowest BCUT2D eigenvalue weighted by atomic mass is 10.2. The van der Waals surface area contributed by atoms with Gasteiger partial charge < -0.3 is 0 Å². The van der Waals surface area contributed by atoms with Gasteiger partial charge in [-0.2, -0.15) is 0 Å². The number of halogens is 2. The van der Waals surface area contributed by atoms with Crippen LogP contribution in [0, 0.1) is 5.82 Å². The number of carbonyl (C=O) groups is 2. The number of carbonyl (C=O) groups excluding carboxylic acids is 2. The lowest BCUT2D eigenvalue weighted by Gasteiger charge is -2.08. The number of nitrogens with one attached hydrogen (secondary N) is 2. The fourth-order valence-corrected chi connectivity index (χ4v) is 2.00. The second-order valence-corrected chi connectivity index (χ2v) is 4.72. The van der Waals surface area contributed by atoms with Gasteiger partial charge in [0.15, 0.2) is 0 Å².